The second-order valence-corrected chi connectivity index (χ2v) is 6.07. The Morgan fingerprint density at radius 3 is 2.68 bits per heavy atom. The second kappa shape index (κ2) is 7.41. The first kappa shape index (κ1) is 19.5. The number of ether oxygens (including phenoxy) is 1. The Kier molecular flexibility index (Phi) is 5.17. The van der Waals surface area contributed by atoms with Crippen LogP contribution in [-0.2, 0) is 15.7 Å². The molecule has 28 heavy (non-hydrogen) atoms. The van der Waals surface area contributed by atoms with Crippen LogP contribution in [-0.4, -0.2) is 18.6 Å². The quantitative estimate of drug-likeness (QED) is 0.764. The monoisotopic (exact) mass is 394 g/mol. The maximum atomic E-state index is 12.9. The number of urea groups is 1. The van der Waals surface area contributed by atoms with Crippen LogP contribution in [0.15, 0.2) is 52.1 Å². The molecule has 0 saturated heterocycles. The van der Waals surface area contributed by atoms with Crippen molar-refractivity contribution in [3.05, 3.63) is 59.0 Å². The van der Waals surface area contributed by atoms with E-state index in [0.717, 1.165) is 12.1 Å². The summed E-state index contributed by atoms with van der Waals surface area (Å²) >= 11 is 0. The molecule has 2 amide bonds. The molecule has 1 aromatic heterocycles. The second-order valence-electron chi connectivity index (χ2n) is 6.07. The zero-order chi connectivity index (χ0) is 20.5. The van der Waals surface area contributed by atoms with Crippen molar-refractivity contribution in [1.29, 1.82) is 0 Å². The smallest absolute Gasteiger partial charge is 0.416 e. The van der Waals surface area contributed by atoms with Crippen LogP contribution in [0.2, 0.25) is 0 Å². The molecule has 1 aliphatic heterocycles. The van der Waals surface area contributed by atoms with Gasteiger partial charge in [-0.1, -0.05) is 12.1 Å². The fourth-order valence-electron chi connectivity index (χ4n) is 2.90. The number of nitrogens with one attached hydrogen (secondary N) is 2. The lowest BCUT2D eigenvalue weighted by atomic mass is 10.0. The minimum absolute atomic E-state index is 0.143. The van der Waals surface area contributed by atoms with E-state index in [1.807, 2.05) is 0 Å². The Morgan fingerprint density at radius 2 is 2.00 bits per heavy atom. The van der Waals surface area contributed by atoms with E-state index in [0.29, 0.717) is 5.70 Å². The van der Waals surface area contributed by atoms with Crippen molar-refractivity contribution in [2.75, 3.05) is 6.61 Å². The highest BCUT2D eigenvalue weighted by Crippen LogP contribution is 2.35. The van der Waals surface area contributed by atoms with Gasteiger partial charge in [0.25, 0.3) is 0 Å². The number of allylic oxidation sites excluding steroid dienone is 1. The molecule has 0 bridgehead atoms. The van der Waals surface area contributed by atoms with Crippen LogP contribution in [0.3, 0.4) is 0 Å². The van der Waals surface area contributed by atoms with Gasteiger partial charge in [0.05, 0.1) is 17.7 Å². The number of hydrogen-bond acceptors (Lipinski definition) is 4. The maximum absolute atomic E-state index is 12.9. The van der Waals surface area contributed by atoms with E-state index in [4.69, 9.17) is 9.15 Å². The molecular weight excluding hydrogens is 377 g/mol. The highest BCUT2D eigenvalue weighted by molar-refractivity contribution is 5.94. The lowest BCUT2D eigenvalue weighted by Crippen LogP contribution is -2.45. The number of hydrogen-bond donors (Lipinski definition) is 2. The Morgan fingerprint density at radius 1 is 1.25 bits per heavy atom. The first-order valence-electron chi connectivity index (χ1n) is 8.43. The van der Waals surface area contributed by atoms with Crippen LogP contribution in [0.4, 0.5) is 18.0 Å². The normalized spacial score (nSPS) is 17.2. The Balaban J connectivity index is 1.97. The molecule has 2 N–H and O–H groups in total. The van der Waals surface area contributed by atoms with Crippen LogP contribution in [0, 0.1) is 0 Å². The summed E-state index contributed by atoms with van der Waals surface area (Å²) in [5.41, 5.74) is -0.114. The van der Waals surface area contributed by atoms with Crippen molar-refractivity contribution in [2.24, 2.45) is 0 Å². The SMILES string of the molecule is CCOC(=O)C1=C(C)NC(=O)NC1c1ccc(-c2cccc(C(F)(F)F)c2)o1. The first-order valence-corrected chi connectivity index (χ1v) is 8.43. The van der Waals surface area contributed by atoms with Gasteiger partial charge in [-0.3, -0.25) is 0 Å². The molecule has 0 radical (unpaired) electrons. The number of carbonyl (C=O) groups is 2. The highest BCUT2D eigenvalue weighted by Gasteiger charge is 2.34. The molecule has 0 spiro atoms. The average Bonchev–Trinajstić information content (AvgIpc) is 3.10. The predicted octanol–water partition coefficient (Wildman–Crippen LogP) is 4.16. The number of carbonyl (C=O) groups excluding carboxylic acids is 2. The van der Waals surface area contributed by atoms with Gasteiger partial charge in [0.15, 0.2) is 0 Å². The summed E-state index contributed by atoms with van der Waals surface area (Å²) in [5, 5.41) is 5.06. The maximum Gasteiger partial charge on any atom is 0.416 e. The molecule has 0 aliphatic carbocycles. The summed E-state index contributed by atoms with van der Waals surface area (Å²) in [5.74, 6) is -0.256. The molecule has 6 nitrogen and oxygen atoms in total. The van der Waals surface area contributed by atoms with Crippen LogP contribution < -0.4 is 10.6 Å². The number of halogens is 3. The van der Waals surface area contributed by atoms with Crippen molar-refractivity contribution < 1.29 is 31.9 Å². The van der Waals surface area contributed by atoms with E-state index in [9.17, 15) is 22.8 Å². The lowest BCUT2D eigenvalue weighted by molar-refractivity contribution is -0.139. The van der Waals surface area contributed by atoms with Crippen molar-refractivity contribution >= 4 is 12.0 Å². The van der Waals surface area contributed by atoms with E-state index < -0.39 is 29.8 Å². The number of alkyl halides is 3. The number of benzene rings is 1. The van der Waals surface area contributed by atoms with Crippen molar-refractivity contribution in [3.63, 3.8) is 0 Å². The van der Waals surface area contributed by atoms with Crippen LogP contribution in [0.1, 0.15) is 31.2 Å². The molecule has 2 heterocycles. The Labute approximate surface area is 158 Å². The van der Waals surface area contributed by atoms with E-state index in [2.05, 4.69) is 10.6 Å². The molecule has 1 unspecified atom stereocenters. The fraction of sp³-hybridized carbons (Fsp3) is 0.263. The molecule has 2 aromatic rings. The minimum atomic E-state index is -4.48. The third-order valence-corrected chi connectivity index (χ3v) is 4.15. The fourth-order valence-corrected chi connectivity index (χ4v) is 2.90. The number of furan rings is 1. The van der Waals surface area contributed by atoms with Crippen molar-refractivity contribution in [3.8, 4) is 11.3 Å². The first-order chi connectivity index (χ1) is 13.2. The Bertz CT molecular complexity index is 947. The van der Waals surface area contributed by atoms with Crippen LogP contribution in [0.25, 0.3) is 11.3 Å². The highest BCUT2D eigenvalue weighted by atomic mass is 19.4. The van der Waals surface area contributed by atoms with Gasteiger partial charge in [0, 0.05) is 11.3 Å². The van der Waals surface area contributed by atoms with E-state index in [-0.39, 0.29) is 29.3 Å². The Hall–Kier alpha value is -3.23. The van der Waals surface area contributed by atoms with Crippen molar-refractivity contribution in [2.45, 2.75) is 26.1 Å². The summed E-state index contributed by atoms with van der Waals surface area (Å²) in [6.07, 6.45) is -4.48. The van der Waals surface area contributed by atoms with E-state index in [1.54, 1.807) is 13.8 Å². The predicted molar refractivity (Wildman–Crippen MR) is 92.9 cm³/mol. The summed E-state index contributed by atoms with van der Waals surface area (Å²) in [4.78, 5) is 24.1. The molecule has 1 aliphatic rings. The molecule has 0 fully saturated rings. The molecule has 1 aromatic carbocycles. The van der Waals surface area contributed by atoms with Gasteiger partial charge in [0.2, 0.25) is 0 Å². The average molecular weight is 394 g/mol. The zero-order valence-electron chi connectivity index (χ0n) is 15.0. The van der Waals surface area contributed by atoms with Gasteiger partial charge in [-0.2, -0.15) is 13.2 Å². The third-order valence-electron chi connectivity index (χ3n) is 4.15. The van der Waals surface area contributed by atoms with Crippen LogP contribution >= 0.6 is 0 Å². The van der Waals surface area contributed by atoms with Gasteiger partial charge < -0.3 is 19.8 Å². The summed E-state index contributed by atoms with van der Waals surface area (Å²) < 4.78 is 49.5. The molecule has 0 saturated carbocycles. The van der Waals surface area contributed by atoms with E-state index in [1.165, 1.54) is 24.3 Å². The summed E-state index contributed by atoms with van der Waals surface area (Å²) in [6, 6.07) is 6.21. The minimum Gasteiger partial charge on any atom is -0.463 e. The summed E-state index contributed by atoms with van der Waals surface area (Å²) in [6.45, 7) is 3.34. The summed E-state index contributed by atoms with van der Waals surface area (Å²) in [7, 11) is 0. The van der Waals surface area contributed by atoms with Crippen LogP contribution in [0.5, 0.6) is 0 Å². The molecule has 148 valence electrons. The van der Waals surface area contributed by atoms with Gasteiger partial charge in [-0.25, -0.2) is 9.59 Å². The zero-order valence-corrected chi connectivity index (χ0v) is 15.0. The number of rotatable bonds is 4. The third kappa shape index (κ3) is 3.88. The number of amides is 2. The molecule has 9 heteroatoms. The molecule has 3 rings (SSSR count). The lowest BCUT2D eigenvalue weighted by Gasteiger charge is -2.26. The van der Waals surface area contributed by atoms with Gasteiger partial charge >= 0.3 is 18.2 Å². The van der Waals surface area contributed by atoms with E-state index >= 15 is 0 Å². The number of esters is 1. The molecular formula is C19H17F3N2O4. The standard InChI is InChI=1S/C19H17F3N2O4/c1-3-27-17(25)15-10(2)23-18(26)24-16(15)14-8-7-13(28-14)11-5-4-6-12(9-11)19(20,21)22/h4-9,16H,3H2,1-2H3,(H2,23,24,26). The largest absolute Gasteiger partial charge is 0.463 e. The van der Waals surface area contributed by atoms with Gasteiger partial charge in [-0.15, -0.1) is 0 Å². The van der Waals surface area contributed by atoms with Crippen molar-refractivity contribution in [1.82, 2.24) is 10.6 Å². The van der Waals surface area contributed by atoms with Gasteiger partial charge in [0.1, 0.15) is 17.6 Å². The topological polar surface area (TPSA) is 80.6 Å². The van der Waals surface area contributed by atoms with Gasteiger partial charge in [-0.05, 0) is 38.1 Å². The molecule has 1 atom stereocenters.